The van der Waals surface area contributed by atoms with E-state index in [0.29, 0.717) is 18.5 Å². The van der Waals surface area contributed by atoms with Crippen molar-refractivity contribution >= 4 is 23.8 Å². The number of amides is 4. The van der Waals surface area contributed by atoms with Crippen LogP contribution in [0.25, 0.3) is 0 Å². The number of alkyl carbamates (subject to hydrolysis) is 1. The minimum atomic E-state index is -1.27. The van der Waals surface area contributed by atoms with E-state index in [-0.39, 0.29) is 12.5 Å². The van der Waals surface area contributed by atoms with Crippen molar-refractivity contribution in [2.45, 2.75) is 91.3 Å². The van der Waals surface area contributed by atoms with Crippen molar-refractivity contribution in [1.29, 1.82) is 0 Å². The third-order valence-electron chi connectivity index (χ3n) is 5.26. The topological polar surface area (TPSA) is 131 Å². The van der Waals surface area contributed by atoms with Gasteiger partial charge in [-0.25, -0.2) is 4.79 Å². The van der Waals surface area contributed by atoms with Crippen LogP contribution in [0.5, 0.6) is 0 Å². The van der Waals surface area contributed by atoms with Crippen molar-refractivity contribution in [3.63, 3.8) is 0 Å². The molecule has 0 fully saturated rings. The highest BCUT2D eigenvalue weighted by molar-refractivity contribution is 5.94. The number of benzene rings is 1. The molecule has 2 atom stereocenters. The zero-order valence-corrected chi connectivity index (χ0v) is 22.0. The number of nitrogens with zero attached hydrogens (tertiary/aromatic N) is 1. The van der Waals surface area contributed by atoms with Gasteiger partial charge in [0.15, 0.2) is 0 Å². The van der Waals surface area contributed by atoms with Gasteiger partial charge in [0.1, 0.15) is 17.7 Å². The van der Waals surface area contributed by atoms with Crippen molar-refractivity contribution in [3.8, 4) is 0 Å². The third-order valence-corrected chi connectivity index (χ3v) is 5.26. The van der Waals surface area contributed by atoms with Crippen LogP contribution in [-0.4, -0.2) is 53.4 Å². The summed E-state index contributed by atoms with van der Waals surface area (Å²) in [6.07, 6.45) is 2.12. The largest absolute Gasteiger partial charge is 0.444 e. The Balaban J connectivity index is 3.37. The highest BCUT2D eigenvalue weighted by atomic mass is 16.6. The Kier molecular flexibility index (Phi) is 12.3. The highest BCUT2D eigenvalue weighted by Gasteiger charge is 2.37. The first kappa shape index (κ1) is 29.9. The molecule has 0 heterocycles. The molecule has 9 nitrogen and oxygen atoms in total. The van der Waals surface area contributed by atoms with Crippen molar-refractivity contribution in [1.82, 2.24) is 15.5 Å². The zero-order chi connectivity index (χ0) is 26.6. The van der Waals surface area contributed by atoms with Crippen molar-refractivity contribution in [2.75, 3.05) is 13.1 Å². The summed E-state index contributed by atoms with van der Waals surface area (Å²) in [6.45, 7) is 11.7. The average molecular weight is 491 g/mol. The monoisotopic (exact) mass is 490 g/mol. The molecule has 0 aliphatic heterocycles. The molecule has 4 N–H and O–H groups in total. The first-order valence-electron chi connectivity index (χ1n) is 12.3. The quantitative estimate of drug-likeness (QED) is 0.365. The van der Waals surface area contributed by atoms with Gasteiger partial charge in [-0.05, 0) is 51.7 Å². The van der Waals surface area contributed by atoms with E-state index < -0.39 is 42.0 Å². The Morgan fingerprint density at radius 3 is 2.26 bits per heavy atom. The third kappa shape index (κ3) is 10.4. The van der Waals surface area contributed by atoms with Gasteiger partial charge in [0, 0.05) is 13.1 Å². The van der Waals surface area contributed by atoms with Crippen LogP contribution in [0.15, 0.2) is 24.3 Å². The molecule has 0 radical (unpaired) electrons. The molecule has 0 saturated heterocycles. The molecule has 196 valence electrons. The number of ether oxygens (including phenoxy) is 1. The minimum absolute atomic E-state index is 0.242. The molecule has 9 heteroatoms. The van der Waals surface area contributed by atoms with Gasteiger partial charge in [0.05, 0.1) is 6.42 Å². The van der Waals surface area contributed by atoms with Gasteiger partial charge < -0.3 is 26.0 Å². The maximum absolute atomic E-state index is 13.7. The number of hydrogen-bond donors (Lipinski definition) is 3. The lowest BCUT2D eigenvalue weighted by atomic mass is 9.97. The molecular weight excluding hydrogens is 448 g/mol. The Hall–Kier alpha value is -3.10. The number of nitrogens with one attached hydrogen (secondary N) is 2. The van der Waals surface area contributed by atoms with Crippen molar-refractivity contribution < 1.29 is 23.9 Å². The molecule has 0 aromatic heterocycles. The molecule has 0 aliphatic carbocycles. The van der Waals surface area contributed by atoms with Gasteiger partial charge in [-0.3, -0.25) is 14.4 Å². The predicted octanol–water partition coefficient (Wildman–Crippen LogP) is 3.35. The van der Waals surface area contributed by atoms with E-state index in [2.05, 4.69) is 17.6 Å². The van der Waals surface area contributed by atoms with Crippen LogP contribution < -0.4 is 16.4 Å². The fourth-order valence-corrected chi connectivity index (χ4v) is 3.69. The number of carbonyl (C=O) groups is 4. The molecule has 35 heavy (non-hydrogen) atoms. The van der Waals surface area contributed by atoms with Crippen LogP contribution in [0.4, 0.5) is 4.79 Å². The molecule has 1 aromatic rings. The lowest BCUT2D eigenvalue weighted by Gasteiger charge is -2.34. The van der Waals surface area contributed by atoms with E-state index in [1.54, 1.807) is 20.8 Å². The smallest absolute Gasteiger partial charge is 0.408 e. The average Bonchev–Trinajstić information content (AvgIpc) is 2.75. The van der Waals surface area contributed by atoms with Crippen LogP contribution >= 0.6 is 0 Å². The van der Waals surface area contributed by atoms with Crippen molar-refractivity contribution in [2.24, 2.45) is 5.73 Å². The number of primary amides is 1. The molecule has 0 bridgehead atoms. The number of hydrogen-bond acceptors (Lipinski definition) is 5. The van der Waals surface area contributed by atoms with Gasteiger partial charge in [0.25, 0.3) is 0 Å². The van der Waals surface area contributed by atoms with Crippen molar-refractivity contribution in [3.05, 3.63) is 35.4 Å². The summed E-state index contributed by atoms with van der Waals surface area (Å²) in [4.78, 5) is 52.8. The Morgan fingerprint density at radius 2 is 1.71 bits per heavy atom. The highest BCUT2D eigenvalue weighted by Crippen LogP contribution is 2.26. The number of nitrogens with two attached hydrogens (primary N) is 1. The van der Waals surface area contributed by atoms with E-state index in [1.807, 2.05) is 38.1 Å². The summed E-state index contributed by atoms with van der Waals surface area (Å²) in [6, 6.07) is 5.16. The van der Waals surface area contributed by atoms with E-state index in [1.165, 1.54) is 4.90 Å². The summed E-state index contributed by atoms with van der Waals surface area (Å²) in [5.74, 6) is -1.65. The van der Waals surface area contributed by atoms with Gasteiger partial charge >= 0.3 is 6.09 Å². The molecule has 0 saturated carbocycles. The molecule has 1 rings (SSSR count). The molecular formula is C26H42N4O5. The predicted molar refractivity (Wildman–Crippen MR) is 135 cm³/mol. The fraction of sp³-hybridized carbons (Fsp3) is 0.615. The molecule has 1 aromatic carbocycles. The Morgan fingerprint density at radius 1 is 1.06 bits per heavy atom. The minimum Gasteiger partial charge on any atom is -0.444 e. The summed E-state index contributed by atoms with van der Waals surface area (Å²) >= 11 is 0. The van der Waals surface area contributed by atoms with Crippen LogP contribution in [0, 0.1) is 6.92 Å². The van der Waals surface area contributed by atoms with Gasteiger partial charge in [-0.15, -0.1) is 0 Å². The van der Waals surface area contributed by atoms with E-state index in [0.717, 1.165) is 24.8 Å². The molecule has 4 amide bonds. The van der Waals surface area contributed by atoms with Crippen LogP contribution in [0.2, 0.25) is 0 Å². The normalized spacial score (nSPS) is 12.9. The van der Waals surface area contributed by atoms with E-state index in [9.17, 15) is 19.2 Å². The maximum Gasteiger partial charge on any atom is 0.408 e. The SMILES string of the molecule is CCCCCNC(=O)C(c1ccccc1C)N(CCC)C(=O)C(CC(N)=O)NC(=O)OC(C)(C)C. The maximum atomic E-state index is 13.7. The number of unbranched alkanes of at least 4 members (excludes halogenated alkanes) is 2. The fourth-order valence-electron chi connectivity index (χ4n) is 3.69. The number of rotatable bonds is 13. The molecule has 2 unspecified atom stereocenters. The number of aryl methyl sites for hydroxylation is 1. The molecule has 0 spiro atoms. The second-order valence-electron chi connectivity index (χ2n) is 9.66. The second kappa shape index (κ2) is 14.3. The summed E-state index contributed by atoms with van der Waals surface area (Å²) in [7, 11) is 0. The van der Waals surface area contributed by atoms with Gasteiger partial charge in [-0.1, -0.05) is 51.0 Å². The van der Waals surface area contributed by atoms with Crippen LogP contribution in [0.3, 0.4) is 0 Å². The first-order valence-corrected chi connectivity index (χ1v) is 12.3. The lowest BCUT2D eigenvalue weighted by Crippen LogP contribution is -2.54. The molecule has 0 aliphatic rings. The lowest BCUT2D eigenvalue weighted by molar-refractivity contribution is -0.143. The standard InChI is InChI=1S/C26H42N4O5/c1-7-9-12-15-28-23(32)22(19-14-11-10-13-18(19)3)30(16-8-2)24(33)20(17-21(27)31)29-25(34)35-26(4,5)6/h10-11,13-14,20,22H,7-9,12,15-17H2,1-6H3,(H2,27,31)(H,28,32)(H,29,34). The summed E-state index contributed by atoms with van der Waals surface area (Å²) in [5, 5.41) is 5.43. The van der Waals surface area contributed by atoms with Crippen LogP contribution in [-0.2, 0) is 19.1 Å². The first-order chi connectivity index (χ1) is 16.4. The van der Waals surface area contributed by atoms with Gasteiger partial charge in [0.2, 0.25) is 17.7 Å². The number of carbonyl (C=O) groups excluding carboxylic acids is 4. The van der Waals surface area contributed by atoms with E-state index >= 15 is 0 Å². The second-order valence-corrected chi connectivity index (χ2v) is 9.66. The zero-order valence-electron chi connectivity index (χ0n) is 22.0. The van der Waals surface area contributed by atoms with Crippen LogP contribution in [0.1, 0.15) is 83.9 Å². The Labute approximate surface area is 209 Å². The van der Waals surface area contributed by atoms with Gasteiger partial charge in [-0.2, -0.15) is 0 Å². The summed E-state index contributed by atoms with van der Waals surface area (Å²) < 4.78 is 5.28. The summed E-state index contributed by atoms with van der Waals surface area (Å²) in [5.41, 5.74) is 6.12. The Bertz CT molecular complexity index is 866. The van der Waals surface area contributed by atoms with E-state index in [4.69, 9.17) is 10.5 Å².